The zero-order chi connectivity index (χ0) is 26.7. The Morgan fingerprint density at radius 2 is 1.50 bits per heavy atom. The predicted octanol–water partition coefficient (Wildman–Crippen LogP) is 10.5. The molecule has 0 aliphatic heterocycles. The van der Waals surface area contributed by atoms with Gasteiger partial charge in [-0.05, 0) is 137 Å². The van der Waals surface area contributed by atoms with E-state index < -0.39 is 11.6 Å². The summed E-state index contributed by atoms with van der Waals surface area (Å²) >= 11 is 0. The number of benzene rings is 2. The van der Waals surface area contributed by atoms with Crippen LogP contribution in [0.15, 0.2) is 60.7 Å². The van der Waals surface area contributed by atoms with Crippen molar-refractivity contribution in [3.63, 3.8) is 0 Å². The van der Waals surface area contributed by atoms with E-state index in [1.54, 1.807) is 19.1 Å². The van der Waals surface area contributed by atoms with E-state index in [1.165, 1.54) is 43.2 Å². The van der Waals surface area contributed by atoms with Crippen molar-refractivity contribution in [2.24, 2.45) is 11.8 Å². The lowest BCUT2D eigenvalue weighted by molar-refractivity contribution is 0.297. The first kappa shape index (κ1) is 28.6. The molecule has 0 heterocycles. The Hall–Kier alpha value is -2.42. The molecule has 2 saturated carbocycles. The topological polar surface area (TPSA) is 9.23 Å². The zero-order valence-corrected chi connectivity index (χ0v) is 23.4. The maximum atomic E-state index is 14.6. The minimum atomic E-state index is -0.834. The van der Waals surface area contributed by atoms with Crippen LogP contribution in [-0.4, -0.2) is 6.61 Å². The molecule has 2 aliphatic rings. The fraction of sp³-hybridized carbons (Fsp3) is 0.543. The van der Waals surface area contributed by atoms with E-state index in [0.29, 0.717) is 24.0 Å². The summed E-state index contributed by atoms with van der Waals surface area (Å²) in [6.07, 6.45) is 23.1. The second-order valence-electron chi connectivity index (χ2n) is 11.4. The number of hydrogen-bond donors (Lipinski definition) is 0. The highest BCUT2D eigenvalue weighted by atomic mass is 19.2. The van der Waals surface area contributed by atoms with E-state index in [4.69, 9.17) is 4.74 Å². The molecule has 2 aromatic carbocycles. The Morgan fingerprint density at radius 3 is 2.18 bits per heavy atom. The standard InChI is InChI=1S/C35H46F2O/c1-3-5-6-9-26-12-18-29(19-13-26)30-20-14-27(15-21-30)10-7-8-11-28-16-22-31(23-17-28)32-24-25-33(38-4-2)35(37)34(32)36/h3,5,7,10,12-13,18-19,24-25,27-28,30-31H,4,6,8-9,11,14-17,20-23H2,1-2H3/b5-3+,10-7+. The Balaban J connectivity index is 1.14. The van der Waals surface area contributed by atoms with Crippen LogP contribution in [0.3, 0.4) is 0 Å². The number of ether oxygens (including phenoxy) is 1. The zero-order valence-electron chi connectivity index (χ0n) is 23.4. The summed E-state index contributed by atoms with van der Waals surface area (Å²) in [7, 11) is 0. The molecule has 2 aliphatic carbocycles. The minimum absolute atomic E-state index is 0.0209. The molecule has 0 N–H and O–H groups in total. The van der Waals surface area contributed by atoms with Gasteiger partial charge in [0, 0.05) is 0 Å². The molecule has 0 radical (unpaired) electrons. The van der Waals surface area contributed by atoms with Gasteiger partial charge in [-0.2, -0.15) is 4.39 Å². The summed E-state index contributed by atoms with van der Waals surface area (Å²) in [5, 5.41) is 0. The molecule has 38 heavy (non-hydrogen) atoms. The Bertz CT molecular complexity index is 1040. The molecule has 2 fully saturated rings. The van der Waals surface area contributed by atoms with E-state index in [2.05, 4.69) is 55.5 Å². The van der Waals surface area contributed by atoms with Gasteiger partial charge in [-0.25, -0.2) is 4.39 Å². The number of aryl methyl sites for hydroxylation is 1. The third-order valence-corrected chi connectivity index (χ3v) is 8.87. The summed E-state index contributed by atoms with van der Waals surface area (Å²) in [5.74, 6) is 0.730. The molecule has 3 heteroatoms. The Kier molecular flexibility index (Phi) is 11.0. The van der Waals surface area contributed by atoms with Crippen LogP contribution >= 0.6 is 0 Å². The lowest BCUT2D eigenvalue weighted by Crippen LogP contribution is -2.15. The summed E-state index contributed by atoms with van der Waals surface area (Å²) in [6.45, 7) is 4.20. The van der Waals surface area contributed by atoms with Crippen molar-refractivity contribution in [1.29, 1.82) is 0 Å². The van der Waals surface area contributed by atoms with Crippen molar-refractivity contribution in [3.05, 3.63) is 89.0 Å². The van der Waals surface area contributed by atoms with Crippen LogP contribution in [-0.2, 0) is 6.42 Å². The third kappa shape index (κ3) is 7.80. The van der Waals surface area contributed by atoms with Crippen molar-refractivity contribution >= 4 is 0 Å². The van der Waals surface area contributed by atoms with Crippen LogP contribution in [0.4, 0.5) is 8.78 Å². The fourth-order valence-corrected chi connectivity index (χ4v) is 6.53. The molecule has 0 unspecified atom stereocenters. The number of rotatable bonds is 11. The smallest absolute Gasteiger partial charge is 0.200 e. The van der Waals surface area contributed by atoms with Gasteiger partial charge in [-0.3, -0.25) is 0 Å². The van der Waals surface area contributed by atoms with Gasteiger partial charge < -0.3 is 4.74 Å². The number of allylic oxidation sites excluding steroid dienone is 4. The van der Waals surface area contributed by atoms with Gasteiger partial charge in [-0.1, -0.05) is 54.6 Å². The van der Waals surface area contributed by atoms with Crippen LogP contribution in [0, 0.1) is 23.5 Å². The molecule has 0 aromatic heterocycles. The number of hydrogen-bond acceptors (Lipinski definition) is 1. The summed E-state index contributed by atoms with van der Waals surface area (Å²) in [4.78, 5) is 0. The van der Waals surface area contributed by atoms with Crippen LogP contribution in [0.25, 0.3) is 0 Å². The maximum Gasteiger partial charge on any atom is 0.200 e. The Labute approximate surface area is 229 Å². The van der Waals surface area contributed by atoms with E-state index in [1.807, 2.05) is 0 Å². The van der Waals surface area contributed by atoms with Crippen molar-refractivity contribution in [3.8, 4) is 5.75 Å². The van der Waals surface area contributed by atoms with E-state index in [9.17, 15) is 8.78 Å². The molecule has 0 spiro atoms. The maximum absolute atomic E-state index is 14.6. The normalized spacial score (nSPS) is 24.3. The molecule has 0 bridgehead atoms. The summed E-state index contributed by atoms with van der Waals surface area (Å²) < 4.78 is 34.1. The molecule has 1 nitrogen and oxygen atoms in total. The molecule has 206 valence electrons. The second kappa shape index (κ2) is 14.7. The lowest BCUT2D eigenvalue weighted by atomic mass is 9.76. The first-order valence-corrected chi connectivity index (χ1v) is 15.1. The quantitative estimate of drug-likeness (QED) is 0.268. The van der Waals surface area contributed by atoms with Gasteiger partial charge >= 0.3 is 0 Å². The second-order valence-corrected chi connectivity index (χ2v) is 11.4. The summed E-state index contributed by atoms with van der Waals surface area (Å²) in [6, 6.07) is 12.7. The van der Waals surface area contributed by atoms with Crippen molar-refractivity contribution in [2.75, 3.05) is 6.61 Å². The van der Waals surface area contributed by atoms with Gasteiger partial charge in [0.1, 0.15) is 0 Å². The first-order valence-electron chi connectivity index (χ1n) is 15.1. The molecular weight excluding hydrogens is 474 g/mol. The van der Waals surface area contributed by atoms with Gasteiger partial charge in [0.2, 0.25) is 5.82 Å². The van der Waals surface area contributed by atoms with Crippen LogP contribution in [0.1, 0.15) is 113 Å². The average molecular weight is 521 g/mol. The predicted molar refractivity (Wildman–Crippen MR) is 155 cm³/mol. The lowest BCUT2D eigenvalue weighted by Gasteiger charge is -2.29. The summed E-state index contributed by atoms with van der Waals surface area (Å²) in [5.41, 5.74) is 3.49. The highest BCUT2D eigenvalue weighted by Gasteiger charge is 2.26. The van der Waals surface area contributed by atoms with Gasteiger partial charge in [0.05, 0.1) is 6.61 Å². The first-order chi connectivity index (χ1) is 18.6. The van der Waals surface area contributed by atoms with Crippen molar-refractivity contribution in [1.82, 2.24) is 0 Å². The molecule has 4 rings (SSSR count). The molecule has 0 amide bonds. The van der Waals surface area contributed by atoms with Crippen LogP contribution < -0.4 is 4.74 Å². The SMILES string of the molecule is C/C=C/CCc1ccc(C2CCC(/C=C/CCC3CCC(c4ccc(OCC)c(F)c4F)CC3)CC2)cc1. The van der Waals surface area contributed by atoms with Crippen LogP contribution in [0.2, 0.25) is 0 Å². The van der Waals surface area contributed by atoms with Gasteiger partial charge in [-0.15, -0.1) is 0 Å². The van der Waals surface area contributed by atoms with E-state index in [-0.39, 0.29) is 11.7 Å². The Morgan fingerprint density at radius 1 is 0.789 bits per heavy atom. The van der Waals surface area contributed by atoms with Crippen molar-refractivity contribution < 1.29 is 13.5 Å². The molecule has 0 saturated heterocycles. The average Bonchev–Trinajstić information content (AvgIpc) is 2.95. The van der Waals surface area contributed by atoms with Gasteiger partial charge in [0.25, 0.3) is 0 Å². The van der Waals surface area contributed by atoms with Crippen molar-refractivity contribution in [2.45, 2.75) is 103 Å². The minimum Gasteiger partial charge on any atom is -0.491 e. The third-order valence-electron chi connectivity index (χ3n) is 8.87. The van der Waals surface area contributed by atoms with E-state index >= 15 is 0 Å². The van der Waals surface area contributed by atoms with Gasteiger partial charge in [0.15, 0.2) is 11.6 Å². The highest BCUT2D eigenvalue weighted by Crippen LogP contribution is 2.40. The fourth-order valence-electron chi connectivity index (χ4n) is 6.53. The molecule has 2 aromatic rings. The highest BCUT2D eigenvalue weighted by molar-refractivity contribution is 5.33. The van der Waals surface area contributed by atoms with Crippen LogP contribution in [0.5, 0.6) is 5.75 Å². The molecule has 0 atom stereocenters. The largest absolute Gasteiger partial charge is 0.491 e. The monoisotopic (exact) mass is 520 g/mol. The number of halogens is 2. The molecular formula is C35H46F2O. The van der Waals surface area contributed by atoms with E-state index in [0.717, 1.165) is 50.9 Å².